The van der Waals surface area contributed by atoms with Crippen LogP contribution < -0.4 is 10.6 Å². The van der Waals surface area contributed by atoms with Gasteiger partial charge in [-0.15, -0.1) is 6.58 Å². The van der Waals surface area contributed by atoms with Crippen LogP contribution in [-0.4, -0.2) is 34.0 Å². The van der Waals surface area contributed by atoms with Crippen molar-refractivity contribution in [3.63, 3.8) is 0 Å². The number of nitrogens with one attached hydrogen (secondary N) is 2. The maximum absolute atomic E-state index is 11.8. The highest BCUT2D eigenvalue weighted by molar-refractivity contribution is 5.91. The SMILES string of the molecule is C=CCNc1ncnc(Nc2cccc(C(=O)OCC)c2)c1[N+](=O)[O-]. The molecule has 1 aromatic carbocycles. The molecule has 0 atom stereocenters. The van der Waals surface area contributed by atoms with Gasteiger partial charge in [-0.05, 0) is 25.1 Å². The standard InChI is InChI=1S/C16H17N5O4/c1-3-8-17-14-13(21(23)24)15(19-10-18-14)20-12-7-5-6-11(9-12)16(22)25-4-2/h3,5-7,9-10H,1,4,8H2,2H3,(H2,17,18,19,20). The molecule has 1 heterocycles. The lowest BCUT2D eigenvalue weighted by atomic mass is 10.2. The predicted molar refractivity (Wildman–Crippen MR) is 93.1 cm³/mol. The van der Waals surface area contributed by atoms with E-state index in [1.807, 2.05) is 0 Å². The van der Waals surface area contributed by atoms with Crippen LogP contribution in [0.4, 0.5) is 23.0 Å². The van der Waals surface area contributed by atoms with Crippen molar-refractivity contribution in [2.75, 3.05) is 23.8 Å². The van der Waals surface area contributed by atoms with Gasteiger partial charge in [-0.3, -0.25) is 10.1 Å². The summed E-state index contributed by atoms with van der Waals surface area (Å²) in [6, 6.07) is 6.42. The fourth-order valence-electron chi connectivity index (χ4n) is 2.02. The molecule has 0 unspecified atom stereocenters. The van der Waals surface area contributed by atoms with Crippen molar-refractivity contribution in [3.05, 3.63) is 58.9 Å². The van der Waals surface area contributed by atoms with Gasteiger partial charge in [0.15, 0.2) is 0 Å². The Morgan fingerprint density at radius 2 is 2.16 bits per heavy atom. The van der Waals surface area contributed by atoms with Crippen molar-refractivity contribution in [1.82, 2.24) is 9.97 Å². The van der Waals surface area contributed by atoms with E-state index < -0.39 is 10.9 Å². The summed E-state index contributed by atoms with van der Waals surface area (Å²) in [5, 5.41) is 17.0. The van der Waals surface area contributed by atoms with Crippen LogP contribution >= 0.6 is 0 Å². The second kappa shape index (κ2) is 8.39. The largest absolute Gasteiger partial charge is 0.462 e. The van der Waals surface area contributed by atoms with Gasteiger partial charge < -0.3 is 15.4 Å². The number of carbonyl (C=O) groups excluding carboxylic acids is 1. The maximum atomic E-state index is 11.8. The summed E-state index contributed by atoms with van der Waals surface area (Å²) in [5.41, 5.74) is 0.487. The molecule has 25 heavy (non-hydrogen) atoms. The van der Waals surface area contributed by atoms with Gasteiger partial charge >= 0.3 is 11.7 Å². The number of nitrogens with zero attached hydrogens (tertiary/aromatic N) is 3. The molecule has 0 radical (unpaired) electrons. The number of nitro groups is 1. The lowest BCUT2D eigenvalue weighted by molar-refractivity contribution is -0.383. The van der Waals surface area contributed by atoms with Crippen LogP contribution in [0.15, 0.2) is 43.2 Å². The molecule has 0 bridgehead atoms. The van der Waals surface area contributed by atoms with Gasteiger partial charge in [-0.2, -0.15) is 0 Å². The van der Waals surface area contributed by atoms with E-state index in [1.54, 1.807) is 31.2 Å². The number of hydrogen-bond acceptors (Lipinski definition) is 8. The van der Waals surface area contributed by atoms with Crippen molar-refractivity contribution in [3.8, 4) is 0 Å². The number of carbonyl (C=O) groups is 1. The summed E-state index contributed by atoms with van der Waals surface area (Å²) < 4.78 is 4.94. The first-order valence-corrected chi connectivity index (χ1v) is 7.45. The zero-order chi connectivity index (χ0) is 18.2. The molecule has 9 heteroatoms. The normalized spacial score (nSPS) is 9.96. The molecule has 0 aliphatic heterocycles. The Kier molecular flexibility index (Phi) is 5.99. The first kappa shape index (κ1) is 17.9. The maximum Gasteiger partial charge on any atom is 0.353 e. The second-order valence-corrected chi connectivity index (χ2v) is 4.77. The number of benzene rings is 1. The van der Waals surface area contributed by atoms with Crippen LogP contribution in [0.1, 0.15) is 17.3 Å². The zero-order valence-electron chi connectivity index (χ0n) is 13.6. The molecule has 0 saturated carbocycles. The molecule has 9 nitrogen and oxygen atoms in total. The number of ether oxygens (including phenoxy) is 1. The third kappa shape index (κ3) is 4.50. The number of esters is 1. The Bertz CT molecular complexity index is 794. The third-order valence-corrected chi connectivity index (χ3v) is 3.06. The fraction of sp³-hybridized carbons (Fsp3) is 0.188. The van der Waals surface area contributed by atoms with Crippen LogP contribution in [0.25, 0.3) is 0 Å². The molecule has 0 spiro atoms. The van der Waals surface area contributed by atoms with Gasteiger partial charge in [0.05, 0.1) is 17.1 Å². The first-order valence-electron chi connectivity index (χ1n) is 7.45. The number of hydrogen-bond donors (Lipinski definition) is 2. The zero-order valence-corrected chi connectivity index (χ0v) is 13.6. The topological polar surface area (TPSA) is 119 Å². The lowest BCUT2D eigenvalue weighted by Crippen LogP contribution is -2.08. The minimum atomic E-state index is -0.580. The number of rotatable bonds is 8. The second-order valence-electron chi connectivity index (χ2n) is 4.77. The molecule has 0 saturated heterocycles. The van der Waals surface area contributed by atoms with E-state index in [1.165, 1.54) is 12.4 Å². The predicted octanol–water partition coefficient (Wildman–Crippen LogP) is 2.90. The molecule has 2 aromatic rings. The molecule has 0 aliphatic carbocycles. The summed E-state index contributed by atoms with van der Waals surface area (Å²) in [4.78, 5) is 30.4. The van der Waals surface area contributed by atoms with Gasteiger partial charge in [0.2, 0.25) is 11.6 Å². The van der Waals surface area contributed by atoms with Crippen molar-refractivity contribution in [1.29, 1.82) is 0 Å². The van der Waals surface area contributed by atoms with Crippen molar-refractivity contribution in [2.24, 2.45) is 0 Å². The molecule has 2 N–H and O–H groups in total. The summed E-state index contributed by atoms with van der Waals surface area (Å²) in [6.07, 6.45) is 2.76. The van der Waals surface area contributed by atoms with Crippen LogP contribution in [0.2, 0.25) is 0 Å². The van der Waals surface area contributed by atoms with Crippen molar-refractivity contribution in [2.45, 2.75) is 6.92 Å². The summed E-state index contributed by atoms with van der Waals surface area (Å²) >= 11 is 0. The lowest BCUT2D eigenvalue weighted by Gasteiger charge is -2.10. The Morgan fingerprint density at radius 3 is 2.84 bits per heavy atom. The van der Waals surface area contributed by atoms with E-state index in [0.717, 1.165) is 0 Å². The Labute approximate surface area is 143 Å². The van der Waals surface area contributed by atoms with Gasteiger partial charge in [-0.1, -0.05) is 12.1 Å². The fourth-order valence-corrected chi connectivity index (χ4v) is 2.02. The van der Waals surface area contributed by atoms with Gasteiger partial charge in [0, 0.05) is 12.2 Å². The summed E-state index contributed by atoms with van der Waals surface area (Å²) in [6.45, 7) is 5.83. The summed E-state index contributed by atoms with van der Waals surface area (Å²) in [5.74, 6) is -0.395. The first-order chi connectivity index (χ1) is 12.1. The molecular weight excluding hydrogens is 326 g/mol. The van der Waals surface area contributed by atoms with E-state index in [0.29, 0.717) is 17.8 Å². The third-order valence-electron chi connectivity index (χ3n) is 3.06. The molecule has 130 valence electrons. The Morgan fingerprint density at radius 1 is 1.40 bits per heavy atom. The average molecular weight is 343 g/mol. The van der Waals surface area contributed by atoms with Crippen LogP contribution in [0.5, 0.6) is 0 Å². The molecular formula is C16H17N5O4. The molecule has 2 rings (SSSR count). The van der Waals surface area contributed by atoms with Gasteiger partial charge in [0.1, 0.15) is 6.33 Å². The van der Waals surface area contributed by atoms with Crippen molar-refractivity contribution < 1.29 is 14.5 Å². The van der Waals surface area contributed by atoms with Crippen LogP contribution in [-0.2, 0) is 4.74 Å². The highest BCUT2D eigenvalue weighted by atomic mass is 16.6. The number of anilines is 3. The van der Waals surface area contributed by atoms with E-state index >= 15 is 0 Å². The Balaban J connectivity index is 2.34. The Hall–Kier alpha value is -3.49. The minimum absolute atomic E-state index is 0.00701. The highest BCUT2D eigenvalue weighted by Gasteiger charge is 2.23. The molecule has 0 aliphatic rings. The smallest absolute Gasteiger partial charge is 0.353 e. The van der Waals surface area contributed by atoms with Crippen LogP contribution in [0, 0.1) is 10.1 Å². The highest BCUT2D eigenvalue weighted by Crippen LogP contribution is 2.31. The molecule has 1 aromatic heterocycles. The van der Waals surface area contributed by atoms with Gasteiger partial charge in [-0.25, -0.2) is 14.8 Å². The van der Waals surface area contributed by atoms with E-state index in [9.17, 15) is 14.9 Å². The molecule has 0 fully saturated rings. The van der Waals surface area contributed by atoms with E-state index in [-0.39, 0.29) is 23.9 Å². The van der Waals surface area contributed by atoms with E-state index in [2.05, 4.69) is 27.2 Å². The number of aromatic nitrogens is 2. The monoisotopic (exact) mass is 343 g/mol. The minimum Gasteiger partial charge on any atom is -0.462 e. The molecule has 0 amide bonds. The van der Waals surface area contributed by atoms with Crippen molar-refractivity contribution >= 4 is 29.0 Å². The van der Waals surface area contributed by atoms with Crippen LogP contribution in [0.3, 0.4) is 0 Å². The van der Waals surface area contributed by atoms with E-state index in [4.69, 9.17) is 4.74 Å². The van der Waals surface area contributed by atoms with Gasteiger partial charge in [0.25, 0.3) is 0 Å². The summed E-state index contributed by atoms with van der Waals surface area (Å²) in [7, 11) is 0. The average Bonchev–Trinajstić information content (AvgIpc) is 2.60. The quantitative estimate of drug-likeness (QED) is 0.325.